The molecule has 2 aliphatic carbocycles. The van der Waals surface area contributed by atoms with Crippen molar-refractivity contribution in [2.75, 3.05) is 43.9 Å². The Labute approximate surface area is 494 Å². The predicted octanol–water partition coefficient (Wildman–Crippen LogP) is 12.8. The number of benzene rings is 4. The highest BCUT2D eigenvalue weighted by molar-refractivity contribution is 9.69. The number of amides is 2. The largest absolute Gasteiger partial charge is 0.508 e. The van der Waals surface area contributed by atoms with Gasteiger partial charge in [-0.15, -0.1) is 47.3 Å². The zero-order valence-corrected chi connectivity index (χ0v) is 48.7. The first-order chi connectivity index (χ1) is 39.6. The van der Waals surface area contributed by atoms with Gasteiger partial charge < -0.3 is 30.3 Å². The van der Waals surface area contributed by atoms with Crippen molar-refractivity contribution in [1.29, 1.82) is 0 Å². The van der Waals surface area contributed by atoms with Gasteiger partial charge in [-0.1, -0.05) is 0 Å². The maximum atomic E-state index is 14.1. The van der Waals surface area contributed by atoms with Crippen LogP contribution in [-0.2, 0) is 21.9 Å². The average Bonchev–Trinajstić information content (AvgIpc) is 4.60. The lowest BCUT2D eigenvalue weighted by Gasteiger charge is -2.33. The van der Waals surface area contributed by atoms with E-state index in [1.807, 2.05) is 9.80 Å². The Morgan fingerprint density at radius 2 is 1.04 bits per heavy atom. The van der Waals surface area contributed by atoms with Crippen LogP contribution in [0.3, 0.4) is 0 Å². The lowest BCUT2D eigenvalue weighted by molar-refractivity contribution is -0.140. The number of aromatic hydroxyl groups is 1. The Balaban J connectivity index is 0.000000174. The van der Waals surface area contributed by atoms with Gasteiger partial charge in [0.1, 0.15) is 46.4 Å². The van der Waals surface area contributed by atoms with E-state index in [9.17, 15) is 49.8 Å². The summed E-state index contributed by atoms with van der Waals surface area (Å²) in [7, 11) is 1.50. The molecule has 2 saturated carbocycles. The fourth-order valence-electron chi connectivity index (χ4n) is 10.1. The second kappa shape index (κ2) is 24.7. The monoisotopic (exact) mass is 1340 g/mol. The number of nitrogens with zero attached hydrogens (tertiary/aromatic N) is 10. The van der Waals surface area contributed by atoms with Crippen molar-refractivity contribution in [1.82, 2.24) is 48.8 Å². The van der Waals surface area contributed by atoms with Gasteiger partial charge in [-0.3, -0.25) is 18.7 Å². The normalized spacial score (nSPS) is 17.3. The number of phenolic OH excluding ortho intramolecular Hbond substituents is 1. The van der Waals surface area contributed by atoms with Crippen LogP contribution in [0.4, 0.5) is 47.0 Å². The average molecular weight is 1350 g/mol. The molecule has 4 aliphatic rings. The van der Waals surface area contributed by atoms with Crippen molar-refractivity contribution in [3.63, 3.8) is 0 Å². The predicted molar refractivity (Wildman–Crippen MR) is 307 cm³/mol. The van der Waals surface area contributed by atoms with Gasteiger partial charge in [-0.25, -0.2) is 28.7 Å². The summed E-state index contributed by atoms with van der Waals surface area (Å²) in [5, 5.41) is 16.6. The molecule has 6 heterocycles. The molecular weight excluding hydrogens is 1300 g/mol. The fraction of sp³-hybridized carbons (Fsp3) is 0.345. The molecule has 2 aliphatic heterocycles. The number of halogens is 11. The molecule has 28 heteroatoms. The maximum absolute atomic E-state index is 14.1. The summed E-state index contributed by atoms with van der Waals surface area (Å²) < 4.78 is 118. The molecule has 4 fully saturated rings. The molecule has 2 amide bonds. The number of fused-ring (bicyclic) bond motifs is 2. The third-order valence-electron chi connectivity index (χ3n) is 14.3. The Hall–Kier alpha value is -6.94. The van der Waals surface area contributed by atoms with Crippen molar-refractivity contribution < 1.29 is 54.6 Å². The fourth-order valence-corrected chi connectivity index (χ4v) is 10.1. The van der Waals surface area contributed by atoms with Crippen LogP contribution in [0.25, 0.3) is 56.5 Å². The number of piperidine rings is 2. The Morgan fingerprint density at radius 3 is 1.46 bits per heavy atom. The molecule has 0 spiro atoms. The number of ether oxygens (including phenoxy) is 1. The summed E-state index contributed by atoms with van der Waals surface area (Å²) >= 11 is 9.31. The number of likely N-dealkylation sites (tertiary alicyclic amines) is 2. The number of nitrogens with one attached hydrogen (secondary N) is 2. The number of hydrogen-bond acceptors (Lipinski definition) is 12. The first kappa shape index (κ1) is 59.2. The van der Waals surface area contributed by atoms with E-state index < -0.39 is 35.1 Å². The zero-order valence-electron chi connectivity index (χ0n) is 43.9. The van der Waals surface area contributed by atoms with Gasteiger partial charge in [-0.2, -0.15) is 36.3 Å². The van der Waals surface area contributed by atoms with Gasteiger partial charge in [0.25, 0.3) is 0 Å². The summed E-state index contributed by atoms with van der Waals surface area (Å²) in [5.74, 6) is -0.105. The minimum atomic E-state index is -4.89. The number of carbonyl (C=O) groups excluding carboxylic acids is 2. The number of methoxy groups -OCH3 is 1. The number of aromatic nitrogens is 8. The van der Waals surface area contributed by atoms with Crippen LogP contribution in [0.5, 0.6) is 11.5 Å². The van der Waals surface area contributed by atoms with Crippen molar-refractivity contribution in [2.24, 2.45) is 11.8 Å². The molecule has 8 aromatic rings. The highest BCUT2D eigenvalue weighted by atomic mass is 79.9. The molecule has 0 radical (unpaired) electrons. The van der Waals surface area contributed by atoms with E-state index in [4.69, 9.17) is 4.74 Å². The van der Waals surface area contributed by atoms with Gasteiger partial charge in [0.15, 0.2) is 0 Å². The first-order valence-corrected chi connectivity index (χ1v) is 29.1. The van der Waals surface area contributed by atoms with E-state index in [2.05, 4.69) is 87.8 Å². The van der Waals surface area contributed by atoms with Gasteiger partial charge in [0, 0.05) is 85.8 Å². The summed E-state index contributed by atoms with van der Waals surface area (Å²) in [6.07, 6.45) is 0.459. The number of phenols is 1. The number of carbonyl (C=O) groups is 2. The summed E-state index contributed by atoms with van der Waals surface area (Å²) in [6, 6.07) is 18.1. The molecule has 0 bridgehead atoms. The first-order valence-electron chi connectivity index (χ1n) is 26.3. The van der Waals surface area contributed by atoms with E-state index in [1.165, 1.54) is 37.6 Å². The highest BCUT2D eigenvalue weighted by Crippen LogP contribution is 2.39. The molecule has 3 N–H and O–H groups in total. The van der Waals surface area contributed by atoms with Crippen LogP contribution >= 0.6 is 47.3 Å². The van der Waals surface area contributed by atoms with E-state index in [-0.39, 0.29) is 67.4 Å². The summed E-state index contributed by atoms with van der Waals surface area (Å²) in [4.78, 5) is 55.9. The molecule has 16 nitrogen and oxygen atoms in total. The topological polar surface area (TPSA) is 181 Å². The molecule has 434 valence electrons. The van der Waals surface area contributed by atoms with Crippen LogP contribution < -0.4 is 15.4 Å². The van der Waals surface area contributed by atoms with Gasteiger partial charge in [-0.05, 0) is 124 Å². The highest BCUT2D eigenvalue weighted by Gasteiger charge is 2.39. The molecule has 4 aromatic heterocycles. The molecule has 2 saturated heterocycles. The second-order valence-corrected chi connectivity index (χ2v) is 26.7. The quantitative estimate of drug-likeness (QED) is 0.0825. The van der Waals surface area contributed by atoms with Gasteiger partial charge in [0.2, 0.25) is 23.7 Å². The van der Waals surface area contributed by atoms with Crippen LogP contribution in [0.15, 0.2) is 97.3 Å². The minimum absolute atomic E-state index is 0.0223. The number of imidazole rings is 2. The van der Waals surface area contributed by atoms with E-state index in [1.54, 1.807) is 51.7 Å². The zero-order chi connectivity index (χ0) is 58.9. The van der Waals surface area contributed by atoms with Crippen molar-refractivity contribution in [3.8, 4) is 45.9 Å². The summed E-state index contributed by atoms with van der Waals surface area (Å²) in [5.41, 5.74) is -0.878. The molecule has 0 unspecified atom stereocenters. The molecule has 12 rings (SSSR count). The standard InChI is InChI=1S/C28H26F4N6O2.C27H24F4N6O2.BBr3/c1-40-19-7-9-23-22(14-19)35-25(17-6-8-21(29)20(13-17)28(30,31)32)38(23)24-10-11-33-27(36-24)34-18-3-2-12-37(15-18)26(39)16-4-5-16;28-20-7-5-16(12-19(20)27(29,30)31)24-34-21-13-18(38)6-8-22(21)37(24)23-9-10-32-26(35-23)33-17-2-1-11-36(14-17)25(39)15-3-4-15;2-1(3)4/h6-11,13-14,16,18H,2-5,12,15H2,1H3,(H,33,34,36);5-10,12-13,15,17,38H,1-4,11,14H2,(H,32,33,35);/t18-;17-;/m00./s1. The number of alkyl halides is 6. The van der Waals surface area contributed by atoms with Gasteiger partial charge in [0.05, 0.1) is 40.3 Å². The lowest BCUT2D eigenvalue weighted by atomic mass is 10.1. The van der Waals surface area contributed by atoms with Crippen molar-refractivity contribution in [2.45, 2.75) is 75.8 Å². The van der Waals surface area contributed by atoms with Crippen LogP contribution in [-0.4, -0.2) is 114 Å². The molecular formula is C55H50BBr3F8N12O4. The molecule has 4 aromatic carbocycles. The molecule has 2 atom stereocenters. The number of anilines is 2. The van der Waals surface area contributed by atoms with Crippen molar-refractivity contribution >= 4 is 96.2 Å². The Bertz CT molecular complexity index is 3690. The Kier molecular flexibility index (Phi) is 17.6. The minimum Gasteiger partial charge on any atom is -0.508 e. The SMILES string of the molecule is BrB(Br)Br.COc1ccc2c(c1)nc(-c1ccc(F)c(C(F)(F)F)c1)n2-c1ccnc(N[C@H]2CCCN(C(=O)C3CC3)C2)n1.O=C(C1CC1)N1CCC[C@H](Nc2nccc(-n3c(-c4ccc(F)c(C(F)(F)F)c4)nc4cc(O)ccc43)n2)C1. The van der Waals surface area contributed by atoms with Crippen LogP contribution in [0, 0.1) is 23.5 Å². The van der Waals surface area contributed by atoms with E-state index in [0.29, 0.717) is 70.5 Å². The van der Waals surface area contributed by atoms with E-state index in [0.717, 1.165) is 82.7 Å². The van der Waals surface area contributed by atoms with E-state index >= 15 is 0 Å². The third-order valence-corrected chi connectivity index (χ3v) is 14.3. The van der Waals surface area contributed by atoms with Crippen LogP contribution in [0.2, 0.25) is 0 Å². The lowest BCUT2D eigenvalue weighted by Crippen LogP contribution is -2.45. The Morgan fingerprint density at radius 1 is 0.602 bits per heavy atom. The van der Waals surface area contributed by atoms with Crippen molar-refractivity contribution in [3.05, 3.63) is 120 Å². The van der Waals surface area contributed by atoms with Gasteiger partial charge >= 0.3 is 15.5 Å². The smallest absolute Gasteiger partial charge is 0.419 e. The van der Waals surface area contributed by atoms with Crippen LogP contribution in [0.1, 0.15) is 62.5 Å². The molecule has 83 heavy (non-hydrogen) atoms. The maximum Gasteiger partial charge on any atom is 0.419 e. The second-order valence-electron chi connectivity index (χ2n) is 20.3. The number of hydrogen-bond donors (Lipinski definition) is 3. The summed E-state index contributed by atoms with van der Waals surface area (Å²) in [6.45, 7) is 2.55. The third kappa shape index (κ3) is 14.0. The number of rotatable bonds is 11.